The minimum absolute atomic E-state index is 0.170. The minimum Gasteiger partial charge on any atom is -0.466 e. The van der Waals surface area contributed by atoms with E-state index in [1.807, 2.05) is 0 Å². The maximum Gasteiger partial charge on any atom is 0.307 e. The van der Waals surface area contributed by atoms with Crippen molar-refractivity contribution in [3.8, 4) is 0 Å². The molecule has 0 spiro atoms. The van der Waals surface area contributed by atoms with E-state index in [4.69, 9.17) is 4.74 Å². The molecule has 19 heavy (non-hydrogen) atoms. The third-order valence-corrected chi connectivity index (χ3v) is 3.16. The van der Waals surface area contributed by atoms with Crippen LogP contribution in [0, 0.1) is 0 Å². The van der Waals surface area contributed by atoms with Gasteiger partial charge in [-0.2, -0.15) is 5.10 Å². The number of aromatic nitrogens is 2. The summed E-state index contributed by atoms with van der Waals surface area (Å²) < 4.78 is 6.12. The van der Waals surface area contributed by atoms with Gasteiger partial charge in [0.25, 0.3) is 5.56 Å². The fourth-order valence-electron chi connectivity index (χ4n) is 2.17. The highest BCUT2D eigenvalue weighted by molar-refractivity contribution is 5.69. The molecule has 0 N–H and O–H groups in total. The van der Waals surface area contributed by atoms with Gasteiger partial charge in [-0.1, -0.05) is 0 Å². The highest BCUT2D eigenvalue weighted by Gasteiger charge is 2.14. The van der Waals surface area contributed by atoms with Gasteiger partial charge in [-0.3, -0.25) is 9.59 Å². The Morgan fingerprint density at radius 1 is 1.42 bits per heavy atom. The fraction of sp³-hybridized carbons (Fsp3) is 0.615. The van der Waals surface area contributed by atoms with Crippen LogP contribution in [0.1, 0.15) is 26.2 Å². The smallest absolute Gasteiger partial charge is 0.307 e. The molecule has 0 saturated carbocycles. The molecule has 0 unspecified atom stereocenters. The number of carbonyl (C=O) groups excluding carboxylic acids is 1. The number of anilines is 1. The van der Waals surface area contributed by atoms with E-state index in [2.05, 4.69) is 10.00 Å². The summed E-state index contributed by atoms with van der Waals surface area (Å²) in [6, 6.07) is 1.59. The molecule has 1 aromatic rings. The summed E-state index contributed by atoms with van der Waals surface area (Å²) in [6.45, 7) is 4.34. The zero-order valence-electron chi connectivity index (χ0n) is 11.2. The van der Waals surface area contributed by atoms with E-state index in [0.717, 1.165) is 31.6 Å². The number of ether oxygens (including phenoxy) is 1. The predicted octanol–water partition coefficient (Wildman–Crippen LogP) is 0.797. The van der Waals surface area contributed by atoms with Gasteiger partial charge in [0.2, 0.25) is 0 Å². The van der Waals surface area contributed by atoms with Gasteiger partial charge in [0.15, 0.2) is 0 Å². The zero-order chi connectivity index (χ0) is 13.7. The number of hydrogen-bond acceptors (Lipinski definition) is 5. The lowest BCUT2D eigenvalue weighted by Gasteiger charge is -2.16. The van der Waals surface area contributed by atoms with Crippen LogP contribution >= 0.6 is 0 Å². The van der Waals surface area contributed by atoms with Crippen molar-refractivity contribution in [3.05, 3.63) is 22.6 Å². The van der Waals surface area contributed by atoms with Gasteiger partial charge < -0.3 is 9.64 Å². The van der Waals surface area contributed by atoms with Crippen LogP contribution in [0.4, 0.5) is 5.69 Å². The summed E-state index contributed by atoms with van der Waals surface area (Å²) in [7, 11) is 0. The number of esters is 1. The van der Waals surface area contributed by atoms with Crippen LogP contribution in [0.3, 0.4) is 0 Å². The Bertz CT molecular complexity index is 492. The number of aryl methyl sites for hydroxylation is 1. The summed E-state index contributed by atoms with van der Waals surface area (Å²) >= 11 is 0. The van der Waals surface area contributed by atoms with E-state index < -0.39 is 0 Å². The van der Waals surface area contributed by atoms with Gasteiger partial charge in [0, 0.05) is 19.2 Å². The van der Waals surface area contributed by atoms with Gasteiger partial charge in [-0.25, -0.2) is 4.68 Å². The van der Waals surface area contributed by atoms with Crippen molar-refractivity contribution < 1.29 is 9.53 Å². The molecule has 1 fully saturated rings. The van der Waals surface area contributed by atoms with Crippen molar-refractivity contribution >= 4 is 11.7 Å². The van der Waals surface area contributed by atoms with E-state index in [1.165, 1.54) is 4.68 Å². The molecule has 6 heteroatoms. The standard InChI is InChI=1S/C13H19N3O3/c1-2-19-13(18)5-8-16-12(17)9-11(10-14-16)15-6-3-4-7-15/h9-10H,2-8H2,1H3. The third kappa shape index (κ3) is 3.56. The average molecular weight is 265 g/mol. The molecule has 6 nitrogen and oxygen atoms in total. The molecule has 0 aromatic carbocycles. The highest BCUT2D eigenvalue weighted by atomic mass is 16.5. The summed E-state index contributed by atoms with van der Waals surface area (Å²) in [5, 5.41) is 4.11. The molecule has 1 saturated heterocycles. The first-order chi connectivity index (χ1) is 9.20. The normalized spacial score (nSPS) is 14.7. The molecule has 0 atom stereocenters. The second-order valence-electron chi connectivity index (χ2n) is 4.52. The monoisotopic (exact) mass is 265 g/mol. The number of nitrogens with zero attached hydrogens (tertiary/aromatic N) is 3. The molecule has 2 rings (SSSR count). The topological polar surface area (TPSA) is 64.4 Å². The van der Waals surface area contributed by atoms with Crippen molar-refractivity contribution in [2.45, 2.75) is 32.7 Å². The predicted molar refractivity (Wildman–Crippen MR) is 71.2 cm³/mol. The first-order valence-corrected chi connectivity index (χ1v) is 6.68. The van der Waals surface area contributed by atoms with Crippen molar-refractivity contribution in [1.82, 2.24) is 9.78 Å². The lowest BCUT2D eigenvalue weighted by molar-refractivity contribution is -0.143. The lowest BCUT2D eigenvalue weighted by atomic mass is 10.4. The highest BCUT2D eigenvalue weighted by Crippen LogP contribution is 2.16. The van der Waals surface area contributed by atoms with Crippen LogP contribution in [0.2, 0.25) is 0 Å². The molecule has 0 bridgehead atoms. The van der Waals surface area contributed by atoms with E-state index in [1.54, 1.807) is 19.2 Å². The molecule has 104 valence electrons. The Labute approximate surface area is 112 Å². The van der Waals surface area contributed by atoms with Crippen molar-refractivity contribution in [3.63, 3.8) is 0 Å². The largest absolute Gasteiger partial charge is 0.466 e. The van der Waals surface area contributed by atoms with Crippen LogP contribution in [0.5, 0.6) is 0 Å². The number of carbonyl (C=O) groups is 1. The average Bonchev–Trinajstić information content (AvgIpc) is 2.91. The second kappa shape index (κ2) is 6.36. The third-order valence-electron chi connectivity index (χ3n) is 3.16. The quantitative estimate of drug-likeness (QED) is 0.737. The zero-order valence-corrected chi connectivity index (χ0v) is 11.2. The van der Waals surface area contributed by atoms with Crippen molar-refractivity contribution in [1.29, 1.82) is 0 Å². The van der Waals surface area contributed by atoms with Gasteiger partial charge in [0.1, 0.15) is 0 Å². The maximum absolute atomic E-state index is 11.9. The second-order valence-corrected chi connectivity index (χ2v) is 4.52. The molecule has 1 aliphatic heterocycles. The fourth-order valence-corrected chi connectivity index (χ4v) is 2.17. The molecule has 1 aliphatic rings. The Morgan fingerprint density at radius 2 is 2.16 bits per heavy atom. The van der Waals surface area contributed by atoms with Gasteiger partial charge in [0.05, 0.1) is 31.5 Å². The number of hydrogen-bond donors (Lipinski definition) is 0. The summed E-state index contributed by atoms with van der Waals surface area (Å²) in [5.74, 6) is -0.306. The molecular formula is C13H19N3O3. The SMILES string of the molecule is CCOC(=O)CCn1ncc(N2CCCC2)cc1=O. The Morgan fingerprint density at radius 3 is 2.79 bits per heavy atom. The van der Waals surface area contributed by atoms with E-state index in [9.17, 15) is 9.59 Å². The van der Waals surface area contributed by atoms with Crippen LogP contribution in [-0.4, -0.2) is 35.4 Å². The van der Waals surface area contributed by atoms with Crippen LogP contribution < -0.4 is 10.5 Å². The van der Waals surface area contributed by atoms with E-state index in [-0.39, 0.29) is 24.5 Å². The first-order valence-electron chi connectivity index (χ1n) is 6.68. The molecule has 0 radical (unpaired) electrons. The molecular weight excluding hydrogens is 246 g/mol. The number of rotatable bonds is 5. The summed E-state index contributed by atoms with van der Waals surface area (Å²) in [6.07, 6.45) is 4.18. The lowest BCUT2D eigenvalue weighted by Crippen LogP contribution is -2.27. The molecule has 1 aromatic heterocycles. The Hall–Kier alpha value is -1.85. The van der Waals surface area contributed by atoms with Crippen LogP contribution in [0.15, 0.2) is 17.1 Å². The first kappa shape index (κ1) is 13.6. The Kier molecular flexibility index (Phi) is 4.54. The molecule has 0 amide bonds. The van der Waals surface area contributed by atoms with Crippen LogP contribution in [-0.2, 0) is 16.1 Å². The van der Waals surface area contributed by atoms with E-state index >= 15 is 0 Å². The van der Waals surface area contributed by atoms with E-state index in [0.29, 0.717) is 6.61 Å². The van der Waals surface area contributed by atoms with Crippen molar-refractivity contribution in [2.75, 3.05) is 24.6 Å². The summed E-state index contributed by atoms with van der Waals surface area (Å²) in [5.41, 5.74) is 0.698. The maximum atomic E-state index is 11.9. The van der Waals surface area contributed by atoms with Crippen LogP contribution in [0.25, 0.3) is 0 Å². The minimum atomic E-state index is -0.306. The van der Waals surface area contributed by atoms with Gasteiger partial charge in [-0.15, -0.1) is 0 Å². The molecule has 2 heterocycles. The Balaban J connectivity index is 1.99. The van der Waals surface area contributed by atoms with Gasteiger partial charge in [-0.05, 0) is 19.8 Å². The van der Waals surface area contributed by atoms with Crippen molar-refractivity contribution in [2.24, 2.45) is 0 Å². The molecule has 0 aliphatic carbocycles. The van der Waals surface area contributed by atoms with Gasteiger partial charge >= 0.3 is 5.97 Å². The summed E-state index contributed by atoms with van der Waals surface area (Å²) in [4.78, 5) is 25.3.